The van der Waals surface area contributed by atoms with Crippen molar-refractivity contribution in [3.8, 4) is 5.88 Å². The van der Waals surface area contributed by atoms with Crippen molar-refractivity contribution in [3.05, 3.63) is 6.20 Å². The fourth-order valence-corrected chi connectivity index (χ4v) is 2.54. The first-order chi connectivity index (χ1) is 8.41. The van der Waals surface area contributed by atoms with Crippen LogP contribution in [0.3, 0.4) is 0 Å². The summed E-state index contributed by atoms with van der Waals surface area (Å²) in [6.07, 6.45) is 4.11. The summed E-state index contributed by atoms with van der Waals surface area (Å²) in [6, 6.07) is 0.440. The Morgan fingerprint density at radius 3 is 2.39 bits per heavy atom. The van der Waals surface area contributed by atoms with Gasteiger partial charge in [0.05, 0.1) is 19.3 Å². The Hall–Kier alpha value is -1.23. The van der Waals surface area contributed by atoms with E-state index >= 15 is 0 Å². The molecule has 0 aromatic carbocycles. The Labute approximate surface area is 109 Å². The summed E-state index contributed by atoms with van der Waals surface area (Å²) in [5, 5.41) is 4.39. The van der Waals surface area contributed by atoms with E-state index < -0.39 is 0 Å². The highest BCUT2D eigenvalue weighted by molar-refractivity contribution is 5.45. The third-order valence-electron chi connectivity index (χ3n) is 3.71. The summed E-state index contributed by atoms with van der Waals surface area (Å²) in [6.45, 7) is 9.01. The zero-order valence-electron chi connectivity index (χ0n) is 11.8. The van der Waals surface area contributed by atoms with Crippen molar-refractivity contribution >= 4 is 5.69 Å². The van der Waals surface area contributed by atoms with Gasteiger partial charge >= 0.3 is 0 Å². The van der Waals surface area contributed by atoms with Crippen LogP contribution in [0, 0.1) is 0 Å². The van der Waals surface area contributed by atoms with Crippen LogP contribution in [-0.4, -0.2) is 40.4 Å². The molecule has 2 rings (SSSR count). The molecule has 1 aromatic rings. The third-order valence-corrected chi connectivity index (χ3v) is 3.71. The molecule has 2 heterocycles. The summed E-state index contributed by atoms with van der Waals surface area (Å²) in [4.78, 5) is 2.52. The molecule has 0 atom stereocenters. The molecule has 5 heteroatoms. The average Bonchev–Trinajstić information content (AvgIpc) is 2.69. The molecule has 102 valence electrons. The molecule has 2 N–H and O–H groups in total. The Balaban J connectivity index is 2.01. The number of aromatic nitrogens is 2. The second kappa shape index (κ2) is 4.80. The van der Waals surface area contributed by atoms with Crippen molar-refractivity contribution in [1.29, 1.82) is 0 Å². The molecule has 1 aliphatic rings. The lowest BCUT2D eigenvalue weighted by molar-refractivity contribution is 0.0867. The zero-order chi connectivity index (χ0) is 13.3. The summed E-state index contributed by atoms with van der Waals surface area (Å²) in [5.41, 5.74) is 6.71. The number of likely N-dealkylation sites (tertiary alicyclic amines) is 1. The molecule has 1 saturated heterocycles. The van der Waals surface area contributed by atoms with Crippen molar-refractivity contribution in [2.24, 2.45) is 0 Å². The van der Waals surface area contributed by atoms with Gasteiger partial charge in [-0.1, -0.05) is 0 Å². The Kier molecular flexibility index (Phi) is 3.52. The topological polar surface area (TPSA) is 56.3 Å². The van der Waals surface area contributed by atoms with E-state index in [1.165, 1.54) is 0 Å². The average molecular weight is 252 g/mol. The van der Waals surface area contributed by atoms with E-state index in [0.717, 1.165) is 25.9 Å². The van der Waals surface area contributed by atoms with Gasteiger partial charge in [-0.3, -0.25) is 9.58 Å². The van der Waals surface area contributed by atoms with Crippen LogP contribution in [0.4, 0.5) is 5.69 Å². The predicted octanol–water partition coefficient (Wildman–Crippen LogP) is 1.91. The van der Waals surface area contributed by atoms with Crippen LogP contribution in [0.5, 0.6) is 5.88 Å². The second-order valence-electron chi connectivity index (χ2n) is 5.96. The molecule has 0 bridgehead atoms. The van der Waals surface area contributed by atoms with Crippen LogP contribution in [-0.2, 0) is 0 Å². The molecule has 1 fully saturated rings. The van der Waals surface area contributed by atoms with Gasteiger partial charge < -0.3 is 10.5 Å². The molecule has 0 saturated carbocycles. The van der Waals surface area contributed by atoms with E-state index in [1.54, 1.807) is 7.11 Å². The molecule has 0 unspecified atom stereocenters. The maximum atomic E-state index is 5.84. The van der Waals surface area contributed by atoms with Crippen molar-refractivity contribution in [2.45, 2.75) is 45.2 Å². The Bertz CT molecular complexity index is 400. The van der Waals surface area contributed by atoms with Crippen LogP contribution in [0.2, 0.25) is 0 Å². The highest BCUT2D eigenvalue weighted by Crippen LogP contribution is 2.29. The van der Waals surface area contributed by atoms with E-state index in [9.17, 15) is 0 Å². The number of hydrogen-bond donors (Lipinski definition) is 1. The number of hydrogen-bond acceptors (Lipinski definition) is 4. The monoisotopic (exact) mass is 252 g/mol. The second-order valence-corrected chi connectivity index (χ2v) is 5.96. The lowest BCUT2D eigenvalue weighted by atomic mass is 9.98. The van der Waals surface area contributed by atoms with Gasteiger partial charge in [-0.2, -0.15) is 0 Å². The van der Waals surface area contributed by atoms with Crippen LogP contribution >= 0.6 is 0 Å². The molecule has 18 heavy (non-hydrogen) atoms. The van der Waals surface area contributed by atoms with Crippen molar-refractivity contribution in [2.75, 3.05) is 25.9 Å². The number of nitrogen functional groups attached to an aromatic ring is 1. The predicted molar refractivity (Wildman–Crippen MR) is 72.8 cm³/mol. The summed E-state index contributed by atoms with van der Waals surface area (Å²) in [7, 11) is 1.60. The molecular weight excluding hydrogens is 228 g/mol. The minimum absolute atomic E-state index is 0.256. The first-order valence-corrected chi connectivity index (χ1v) is 6.55. The largest absolute Gasteiger partial charge is 0.478 e. The van der Waals surface area contributed by atoms with Gasteiger partial charge in [-0.15, -0.1) is 5.10 Å². The number of nitrogens with two attached hydrogens (primary N) is 1. The smallest absolute Gasteiger partial charge is 0.256 e. The van der Waals surface area contributed by atoms with E-state index in [4.69, 9.17) is 10.5 Å². The lowest BCUT2D eigenvalue weighted by Crippen LogP contribution is -2.46. The van der Waals surface area contributed by atoms with Gasteiger partial charge in [0.25, 0.3) is 5.88 Å². The maximum Gasteiger partial charge on any atom is 0.256 e. The summed E-state index contributed by atoms with van der Waals surface area (Å²) in [5.74, 6) is 0.535. The normalized spacial score (nSPS) is 19.1. The molecule has 0 spiro atoms. The van der Waals surface area contributed by atoms with Crippen molar-refractivity contribution < 1.29 is 4.74 Å². The van der Waals surface area contributed by atoms with Crippen LogP contribution in [0.25, 0.3) is 0 Å². The van der Waals surface area contributed by atoms with Gasteiger partial charge in [-0.25, -0.2) is 0 Å². The van der Waals surface area contributed by atoms with E-state index in [2.05, 4.69) is 30.8 Å². The van der Waals surface area contributed by atoms with Crippen molar-refractivity contribution in [1.82, 2.24) is 14.7 Å². The number of piperidine rings is 1. The molecule has 0 radical (unpaired) electrons. The van der Waals surface area contributed by atoms with Crippen LogP contribution < -0.4 is 10.5 Å². The van der Waals surface area contributed by atoms with E-state index in [-0.39, 0.29) is 5.54 Å². The highest BCUT2D eigenvalue weighted by Gasteiger charge is 2.28. The summed E-state index contributed by atoms with van der Waals surface area (Å²) < 4.78 is 7.09. The van der Waals surface area contributed by atoms with E-state index in [0.29, 0.717) is 17.6 Å². The standard InChI is InChI=1S/C13H24N4O/c1-13(2,3)16-7-5-10(6-8-16)17-9-11(14)12(15-17)18-4/h9-10H,5-8,14H2,1-4H3. The highest BCUT2D eigenvalue weighted by atomic mass is 16.5. The van der Waals surface area contributed by atoms with Crippen LogP contribution in [0.15, 0.2) is 6.20 Å². The molecule has 1 aromatic heterocycles. The Morgan fingerprint density at radius 1 is 1.33 bits per heavy atom. The molecule has 1 aliphatic heterocycles. The number of anilines is 1. The molecule has 5 nitrogen and oxygen atoms in total. The Morgan fingerprint density at radius 2 is 1.94 bits per heavy atom. The SMILES string of the molecule is COc1nn(C2CCN(C(C)(C)C)CC2)cc1N. The summed E-state index contributed by atoms with van der Waals surface area (Å²) >= 11 is 0. The molecule has 0 amide bonds. The third kappa shape index (κ3) is 2.61. The minimum atomic E-state index is 0.256. The number of rotatable bonds is 2. The fourth-order valence-electron chi connectivity index (χ4n) is 2.54. The van der Waals surface area contributed by atoms with Gasteiger partial charge in [-0.05, 0) is 33.6 Å². The first kappa shape index (κ1) is 13.2. The number of nitrogens with zero attached hydrogens (tertiary/aromatic N) is 3. The maximum absolute atomic E-state index is 5.84. The van der Waals surface area contributed by atoms with Crippen LogP contribution in [0.1, 0.15) is 39.7 Å². The first-order valence-electron chi connectivity index (χ1n) is 6.55. The van der Waals surface area contributed by atoms with Crippen molar-refractivity contribution in [3.63, 3.8) is 0 Å². The zero-order valence-corrected chi connectivity index (χ0v) is 11.8. The quantitative estimate of drug-likeness (QED) is 0.873. The number of ether oxygens (including phenoxy) is 1. The lowest BCUT2D eigenvalue weighted by Gasteiger charge is -2.40. The molecule has 0 aliphatic carbocycles. The van der Waals surface area contributed by atoms with E-state index in [1.807, 2.05) is 10.9 Å². The van der Waals surface area contributed by atoms with Gasteiger partial charge in [0, 0.05) is 18.6 Å². The van der Waals surface area contributed by atoms with Gasteiger partial charge in [0.15, 0.2) is 0 Å². The minimum Gasteiger partial charge on any atom is -0.478 e. The fraction of sp³-hybridized carbons (Fsp3) is 0.769. The number of methoxy groups -OCH3 is 1. The van der Waals surface area contributed by atoms with Gasteiger partial charge in [0.1, 0.15) is 5.69 Å². The van der Waals surface area contributed by atoms with Gasteiger partial charge in [0.2, 0.25) is 0 Å². The molecular formula is C13H24N4O.